The average Bonchev–Trinajstić information content (AvgIpc) is 2.80. The van der Waals surface area contributed by atoms with Gasteiger partial charge in [0.1, 0.15) is 0 Å². The summed E-state index contributed by atoms with van der Waals surface area (Å²) in [5.74, 6) is 2.72. The van der Waals surface area contributed by atoms with Crippen LogP contribution >= 0.6 is 0 Å². The van der Waals surface area contributed by atoms with Gasteiger partial charge in [0.05, 0.1) is 0 Å². The van der Waals surface area contributed by atoms with Crippen LogP contribution in [-0.4, -0.2) is 48.9 Å². The van der Waals surface area contributed by atoms with E-state index in [0.717, 1.165) is 31.5 Å². The van der Waals surface area contributed by atoms with Crippen LogP contribution in [0.4, 0.5) is 0 Å². The molecule has 3 heteroatoms. The molecule has 19 heavy (non-hydrogen) atoms. The highest BCUT2D eigenvalue weighted by Gasteiger charge is 2.27. The van der Waals surface area contributed by atoms with Gasteiger partial charge in [0.15, 0.2) is 0 Å². The fraction of sp³-hybridized carbons (Fsp3) is 0.938. The third-order valence-electron chi connectivity index (χ3n) is 5.14. The van der Waals surface area contributed by atoms with Crippen molar-refractivity contribution in [1.82, 2.24) is 9.80 Å². The number of carbonyl (C=O) groups excluding carboxylic acids is 1. The van der Waals surface area contributed by atoms with Gasteiger partial charge in [-0.2, -0.15) is 0 Å². The summed E-state index contributed by atoms with van der Waals surface area (Å²) in [5, 5.41) is 0. The molecule has 0 aromatic heterocycles. The minimum absolute atomic E-state index is 0.242. The van der Waals surface area contributed by atoms with Gasteiger partial charge in [-0.15, -0.1) is 0 Å². The molecular weight excluding hydrogens is 236 g/mol. The summed E-state index contributed by atoms with van der Waals surface area (Å²) in [4.78, 5) is 15.9. The van der Waals surface area contributed by atoms with Crippen molar-refractivity contribution in [2.45, 2.75) is 46.0 Å². The van der Waals surface area contributed by atoms with Crippen LogP contribution in [0.5, 0.6) is 0 Å². The minimum atomic E-state index is 0.242. The van der Waals surface area contributed by atoms with Gasteiger partial charge in [-0.3, -0.25) is 4.79 Å². The SMILES string of the molecule is CC(=O)N1CC[C@H](CN(C)C[C@@H]2CCCC[C@@H]2C)C1. The number of amides is 1. The zero-order valence-corrected chi connectivity index (χ0v) is 12.9. The van der Waals surface area contributed by atoms with E-state index in [1.807, 2.05) is 4.90 Å². The van der Waals surface area contributed by atoms with Crippen LogP contribution < -0.4 is 0 Å². The number of carbonyl (C=O) groups is 1. The normalized spacial score (nSPS) is 32.0. The van der Waals surface area contributed by atoms with E-state index in [1.165, 1.54) is 38.6 Å². The predicted molar refractivity (Wildman–Crippen MR) is 79.0 cm³/mol. The lowest BCUT2D eigenvalue weighted by Gasteiger charge is -2.33. The van der Waals surface area contributed by atoms with Crippen molar-refractivity contribution in [2.75, 3.05) is 33.2 Å². The number of rotatable bonds is 4. The summed E-state index contributed by atoms with van der Waals surface area (Å²) >= 11 is 0. The number of likely N-dealkylation sites (tertiary alicyclic amines) is 1. The van der Waals surface area contributed by atoms with Gasteiger partial charge >= 0.3 is 0 Å². The molecule has 2 fully saturated rings. The van der Waals surface area contributed by atoms with Crippen LogP contribution in [0, 0.1) is 17.8 Å². The molecule has 0 radical (unpaired) electrons. The Balaban J connectivity index is 1.72. The zero-order chi connectivity index (χ0) is 13.8. The number of hydrogen-bond donors (Lipinski definition) is 0. The summed E-state index contributed by atoms with van der Waals surface area (Å²) < 4.78 is 0. The minimum Gasteiger partial charge on any atom is -0.343 e. The van der Waals surface area contributed by atoms with Gasteiger partial charge in [0.25, 0.3) is 0 Å². The molecule has 0 spiro atoms. The number of hydrogen-bond acceptors (Lipinski definition) is 2. The van der Waals surface area contributed by atoms with Crippen LogP contribution in [0.1, 0.15) is 46.0 Å². The van der Waals surface area contributed by atoms with E-state index < -0.39 is 0 Å². The molecule has 0 aromatic carbocycles. The molecule has 1 amide bonds. The summed E-state index contributed by atoms with van der Waals surface area (Å²) in [6.45, 7) is 8.46. The fourth-order valence-electron chi connectivity index (χ4n) is 3.85. The lowest BCUT2D eigenvalue weighted by atomic mass is 9.80. The van der Waals surface area contributed by atoms with E-state index in [0.29, 0.717) is 5.92 Å². The Morgan fingerprint density at radius 2 is 1.95 bits per heavy atom. The summed E-state index contributed by atoms with van der Waals surface area (Å²) in [5.41, 5.74) is 0. The van der Waals surface area contributed by atoms with E-state index in [9.17, 15) is 4.79 Å². The molecule has 1 aliphatic carbocycles. The molecule has 1 saturated carbocycles. The summed E-state index contributed by atoms with van der Waals surface area (Å²) in [6, 6.07) is 0. The molecule has 0 N–H and O–H groups in total. The summed E-state index contributed by atoms with van der Waals surface area (Å²) in [7, 11) is 2.26. The highest BCUT2D eigenvalue weighted by atomic mass is 16.2. The first-order chi connectivity index (χ1) is 9.06. The first-order valence-electron chi connectivity index (χ1n) is 8.00. The smallest absolute Gasteiger partial charge is 0.219 e. The Hall–Kier alpha value is -0.570. The lowest BCUT2D eigenvalue weighted by molar-refractivity contribution is -0.127. The van der Waals surface area contributed by atoms with Crippen molar-refractivity contribution in [2.24, 2.45) is 17.8 Å². The zero-order valence-electron chi connectivity index (χ0n) is 12.9. The maximum Gasteiger partial charge on any atom is 0.219 e. The Morgan fingerprint density at radius 1 is 1.21 bits per heavy atom. The van der Waals surface area contributed by atoms with Crippen LogP contribution in [0.2, 0.25) is 0 Å². The van der Waals surface area contributed by atoms with Crippen molar-refractivity contribution in [1.29, 1.82) is 0 Å². The van der Waals surface area contributed by atoms with Crippen LogP contribution in [-0.2, 0) is 4.79 Å². The summed E-state index contributed by atoms with van der Waals surface area (Å²) in [6.07, 6.45) is 6.86. The van der Waals surface area contributed by atoms with Gasteiger partial charge in [-0.25, -0.2) is 0 Å². The first-order valence-corrected chi connectivity index (χ1v) is 8.00. The standard InChI is InChI=1S/C16H30N2O/c1-13-6-4-5-7-16(13)12-17(3)10-15-8-9-18(11-15)14(2)19/h13,15-16H,4-12H2,1-3H3/t13-,15+,16-/m0/s1. The average molecular weight is 266 g/mol. The first kappa shape index (κ1) is 14.8. The lowest BCUT2D eigenvalue weighted by Crippen LogP contribution is -2.35. The maximum absolute atomic E-state index is 11.3. The molecule has 0 aromatic rings. The molecule has 3 nitrogen and oxygen atoms in total. The fourth-order valence-corrected chi connectivity index (χ4v) is 3.85. The van der Waals surface area contributed by atoms with Crippen molar-refractivity contribution in [3.63, 3.8) is 0 Å². The van der Waals surface area contributed by atoms with Crippen LogP contribution in [0.15, 0.2) is 0 Å². The van der Waals surface area contributed by atoms with Crippen LogP contribution in [0.25, 0.3) is 0 Å². The third-order valence-corrected chi connectivity index (χ3v) is 5.14. The molecule has 0 unspecified atom stereocenters. The van der Waals surface area contributed by atoms with E-state index in [1.54, 1.807) is 6.92 Å². The molecule has 3 atom stereocenters. The molecule has 2 rings (SSSR count). The van der Waals surface area contributed by atoms with Crippen LogP contribution in [0.3, 0.4) is 0 Å². The van der Waals surface area contributed by atoms with E-state index in [2.05, 4.69) is 18.9 Å². The van der Waals surface area contributed by atoms with Gasteiger partial charge in [0.2, 0.25) is 5.91 Å². The van der Waals surface area contributed by atoms with Crippen molar-refractivity contribution < 1.29 is 4.79 Å². The third kappa shape index (κ3) is 4.20. The second-order valence-corrected chi connectivity index (χ2v) is 6.86. The predicted octanol–water partition coefficient (Wildman–Crippen LogP) is 2.61. The Bertz CT molecular complexity index is 305. The molecule has 0 bridgehead atoms. The highest BCUT2D eigenvalue weighted by molar-refractivity contribution is 5.73. The largest absolute Gasteiger partial charge is 0.343 e. The molecule has 1 heterocycles. The van der Waals surface area contributed by atoms with E-state index in [4.69, 9.17) is 0 Å². The highest BCUT2D eigenvalue weighted by Crippen LogP contribution is 2.30. The van der Waals surface area contributed by atoms with Gasteiger partial charge in [-0.1, -0.05) is 26.2 Å². The molecule has 1 aliphatic heterocycles. The Kier molecular flexibility index (Phi) is 5.26. The topological polar surface area (TPSA) is 23.6 Å². The van der Waals surface area contributed by atoms with Crippen molar-refractivity contribution in [3.05, 3.63) is 0 Å². The van der Waals surface area contributed by atoms with Gasteiger partial charge < -0.3 is 9.80 Å². The van der Waals surface area contributed by atoms with Crippen molar-refractivity contribution >= 4 is 5.91 Å². The second kappa shape index (κ2) is 6.74. The van der Waals surface area contributed by atoms with Crippen molar-refractivity contribution in [3.8, 4) is 0 Å². The second-order valence-electron chi connectivity index (χ2n) is 6.86. The maximum atomic E-state index is 11.3. The Labute approximate surface area is 118 Å². The molecule has 110 valence electrons. The quantitative estimate of drug-likeness (QED) is 0.781. The number of nitrogens with zero attached hydrogens (tertiary/aromatic N) is 2. The van der Waals surface area contributed by atoms with E-state index >= 15 is 0 Å². The Morgan fingerprint density at radius 3 is 2.58 bits per heavy atom. The molecule has 2 aliphatic rings. The van der Waals surface area contributed by atoms with Gasteiger partial charge in [0, 0.05) is 33.1 Å². The monoisotopic (exact) mass is 266 g/mol. The molecular formula is C16H30N2O. The molecule has 1 saturated heterocycles. The van der Waals surface area contributed by atoms with E-state index in [-0.39, 0.29) is 5.91 Å². The van der Waals surface area contributed by atoms with Gasteiger partial charge in [-0.05, 0) is 37.6 Å².